The minimum atomic E-state index is 0.831. The van der Waals surface area contributed by atoms with Crippen molar-refractivity contribution in [1.29, 1.82) is 0 Å². The Labute approximate surface area is 200 Å². The Morgan fingerprint density at radius 2 is 1.00 bits per heavy atom. The second kappa shape index (κ2) is 14.5. The standard InChI is InChI=1S/C29H46S2/c1-3-5-6-7-8-9-10-11-12-13-15-27-21-23-29(31-27)25-18-16-24(17-19-25)28-22-20-26(30-28)14-4-2/h20-25H,3-19H2,1-2H3. The minimum Gasteiger partial charge on any atom is -0.145 e. The monoisotopic (exact) mass is 458 g/mol. The quantitative estimate of drug-likeness (QED) is 0.233. The van der Waals surface area contributed by atoms with E-state index in [0.717, 1.165) is 11.8 Å². The van der Waals surface area contributed by atoms with E-state index in [1.165, 1.54) is 109 Å². The van der Waals surface area contributed by atoms with Gasteiger partial charge in [0.2, 0.25) is 0 Å². The molecule has 2 aromatic rings. The largest absolute Gasteiger partial charge is 0.145 e. The topological polar surface area (TPSA) is 0 Å². The van der Waals surface area contributed by atoms with E-state index in [4.69, 9.17) is 0 Å². The summed E-state index contributed by atoms with van der Waals surface area (Å²) in [6.45, 7) is 4.59. The van der Waals surface area contributed by atoms with Crippen molar-refractivity contribution in [3.05, 3.63) is 43.8 Å². The first-order valence-corrected chi connectivity index (χ1v) is 15.1. The van der Waals surface area contributed by atoms with Gasteiger partial charge in [-0.3, -0.25) is 0 Å². The molecule has 0 unspecified atom stereocenters. The Morgan fingerprint density at radius 1 is 0.548 bits per heavy atom. The van der Waals surface area contributed by atoms with Crippen molar-refractivity contribution in [2.45, 2.75) is 135 Å². The normalized spacial score (nSPS) is 19.2. The maximum atomic E-state index is 2.46. The zero-order valence-corrected chi connectivity index (χ0v) is 21.9. The van der Waals surface area contributed by atoms with E-state index >= 15 is 0 Å². The fourth-order valence-corrected chi connectivity index (χ4v) is 7.70. The van der Waals surface area contributed by atoms with Gasteiger partial charge in [-0.2, -0.15) is 0 Å². The Kier molecular flexibility index (Phi) is 11.7. The van der Waals surface area contributed by atoms with Crippen LogP contribution in [-0.4, -0.2) is 0 Å². The van der Waals surface area contributed by atoms with E-state index < -0.39 is 0 Å². The summed E-state index contributed by atoms with van der Waals surface area (Å²) in [6, 6.07) is 9.72. The fourth-order valence-electron chi connectivity index (χ4n) is 5.19. The molecule has 0 nitrogen and oxygen atoms in total. The third kappa shape index (κ3) is 8.69. The lowest BCUT2D eigenvalue weighted by molar-refractivity contribution is 0.403. The van der Waals surface area contributed by atoms with Gasteiger partial charge in [0.15, 0.2) is 0 Å². The van der Waals surface area contributed by atoms with Crippen LogP contribution in [0.2, 0.25) is 0 Å². The molecule has 1 aliphatic rings. The molecular formula is C29H46S2. The molecule has 2 heteroatoms. The molecule has 0 aliphatic heterocycles. The van der Waals surface area contributed by atoms with Crippen LogP contribution >= 0.6 is 22.7 Å². The maximum absolute atomic E-state index is 2.46. The molecule has 31 heavy (non-hydrogen) atoms. The van der Waals surface area contributed by atoms with Crippen molar-refractivity contribution in [3.8, 4) is 0 Å². The number of aryl methyl sites for hydroxylation is 2. The predicted octanol–water partition coefficient (Wildman–Crippen LogP) is 10.7. The van der Waals surface area contributed by atoms with E-state index in [1.807, 2.05) is 0 Å². The van der Waals surface area contributed by atoms with Crippen LogP contribution in [0.4, 0.5) is 0 Å². The lowest BCUT2D eigenvalue weighted by atomic mass is 9.81. The minimum absolute atomic E-state index is 0.831. The van der Waals surface area contributed by atoms with E-state index in [2.05, 4.69) is 60.8 Å². The smallest absolute Gasteiger partial charge is 0.00791 e. The van der Waals surface area contributed by atoms with Gasteiger partial charge in [-0.05, 0) is 81.0 Å². The molecular weight excluding hydrogens is 412 g/mol. The van der Waals surface area contributed by atoms with E-state index in [0.29, 0.717) is 0 Å². The number of rotatable bonds is 15. The van der Waals surface area contributed by atoms with Crippen molar-refractivity contribution >= 4 is 22.7 Å². The van der Waals surface area contributed by atoms with Gasteiger partial charge >= 0.3 is 0 Å². The van der Waals surface area contributed by atoms with Crippen LogP contribution in [0.15, 0.2) is 24.3 Å². The first kappa shape index (κ1) is 25.0. The molecule has 3 rings (SSSR count). The second-order valence-corrected chi connectivity index (χ2v) is 12.2. The van der Waals surface area contributed by atoms with Crippen molar-refractivity contribution in [3.63, 3.8) is 0 Å². The molecule has 0 atom stereocenters. The average molecular weight is 459 g/mol. The SMILES string of the molecule is CCCCCCCCCCCCc1ccc(C2CCC(c3ccc(CCC)s3)CC2)s1. The second-order valence-electron chi connectivity index (χ2n) is 9.84. The van der Waals surface area contributed by atoms with Crippen molar-refractivity contribution in [2.24, 2.45) is 0 Å². The zero-order valence-electron chi connectivity index (χ0n) is 20.3. The Balaban J connectivity index is 1.28. The zero-order chi connectivity index (χ0) is 21.7. The van der Waals surface area contributed by atoms with Gasteiger partial charge in [0.25, 0.3) is 0 Å². The summed E-state index contributed by atoms with van der Waals surface area (Å²) in [5.74, 6) is 1.66. The van der Waals surface area contributed by atoms with Gasteiger partial charge in [-0.1, -0.05) is 78.1 Å². The third-order valence-corrected chi connectivity index (χ3v) is 9.78. The summed E-state index contributed by atoms with van der Waals surface area (Å²) >= 11 is 4.22. The highest BCUT2D eigenvalue weighted by molar-refractivity contribution is 7.12. The summed E-state index contributed by atoms with van der Waals surface area (Å²) in [5, 5.41) is 0. The van der Waals surface area contributed by atoms with Crippen LogP contribution < -0.4 is 0 Å². The molecule has 2 heterocycles. The Hall–Kier alpha value is -0.600. The van der Waals surface area contributed by atoms with Crippen LogP contribution in [-0.2, 0) is 12.8 Å². The average Bonchev–Trinajstić information content (AvgIpc) is 3.45. The third-order valence-electron chi connectivity index (χ3n) is 7.17. The summed E-state index contributed by atoms with van der Waals surface area (Å²) in [5.41, 5.74) is 0. The molecule has 0 bridgehead atoms. The number of hydrogen-bond donors (Lipinski definition) is 0. The molecule has 1 saturated carbocycles. The molecule has 1 fully saturated rings. The van der Waals surface area contributed by atoms with E-state index in [-0.39, 0.29) is 0 Å². The molecule has 0 radical (unpaired) electrons. The summed E-state index contributed by atoms with van der Waals surface area (Å²) in [4.78, 5) is 6.57. The van der Waals surface area contributed by atoms with E-state index in [9.17, 15) is 0 Å². The summed E-state index contributed by atoms with van der Waals surface area (Å²) in [6.07, 6.45) is 23.7. The van der Waals surface area contributed by atoms with Gasteiger partial charge in [0, 0.05) is 19.5 Å². The maximum Gasteiger partial charge on any atom is 0.00791 e. The summed E-state index contributed by atoms with van der Waals surface area (Å²) in [7, 11) is 0. The fraction of sp³-hybridized carbons (Fsp3) is 0.724. The van der Waals surface area contributed by atoms with Crippen LogP contribution in [0.3, 0.4) is 0 Å². The van der Waals surface area contributed by atoms with Crippen molar-refractivity contribution in [1.82, 2.24) is 0 Å². The molecule has 2 aromatic heterocycles. The van der Waals surface area contributed by atoms with Crippen LogP contribution in [0.5, 0.6) is 0 Å². The van der Waals surface area contributed by atoms with E-state index in [1.54, 1.807) is 19.5 Å². The highest BCUT2D eigenvalue weighted by Crippen LogP contribution is 2.44. The predicted molar refractivity (Wildman–Crippen MR) is 142 cm³/mol. The lowest BCUT2D eigenvalue weighted by Gasteiger charge is -2.27. The molecule has 0 N–H and O–H groups in total. The molecule has 0 saturated heterocycles. The van der Waals surface area contributed by atoms with Gasteiger partial charge < -0.3 is 0 Å². The van der Waals surface area contributed by atoms with Crippen LogP contribution in [0, 0.1) is 0 Å². The molecule has 0 amide bonds. The van der Waals surface area contributed by atoms with Gasteiger partial charge in [-0.25, -0.2) is 0 Å². The number of unbranched alkanes of at least 4 members (excludes halogenated alkanes) is 9. The van der Waals surface area contributed by atoms with Gasteiger partial charge in [0.05, 0.1) is 0 Å². The van der Waals surface area contributed by atoms with Gasteiger partial charge in [0.1, 0.15) is 0 Å². The molecule has 1 aliphatic carbocycles. The lowest BCUT2D eigenvalue weighted by Crippen LogP contribution is -2.10. The summed E-state index contributed by atoms with van der Waals surface area (Å²) < 4.78 is 0. The first-order valence-electron chi connectivity index (χ1n) is 13.5. The highest BCUT2D eigenvalue weighted by Gasteiger charge is 2.25. The molecule has 0 aromatic carbocycles. The van der Waals surface area contributed by atoms with Gasteiger partial charge in [-0.15, -0.1) is 22.7 Å². The van der Waals surface area contributed by atoms with Crippen molar-refractivity contribution < 1.29 is 0 Å². The first-order chi connectivity index (χ1) is 15.3. The highest BCUT2D eigenvalue weighted by atomic mass is 32.1. The number of thiophene rings is 2. The van der Waals surface area contributed by atoms with Crippen molar-refractivity contribution in [2.75, 3.05) is 0 Å². The Bertz CT molecular complexity index is 702. The number of hydrogen-bond acceptors (Lipinski definition) is 2. The molecule has 174 valence electrons. The Morgan fingerprint density at radius 3 is 1.48 bits per heavy atom. The molecule has 0 spiro atoms. The van der Waals surface area contributed by atoms with Crippen LogP contribution in [0.25, 0.3) is 0 Å². The van der Waals surface area contributed by atoms with Crippen LogP contribution in [0.1, 0.15) is 142 Å².